The topological polar surface area (TPSA) is 66.2 Å². The highest BCUT2D eigenvalue weighted by molar-refractivity contribution is 5.85. The summed E-state index contributed by atoms with van der Waals surface area (Å²) < 4.78 is 5.31. The molecule has 0 spiro atoms. The summed E-state index contributed by atoms with van der Waals surface area (Å²) >= 11 is 0. The van der Waals surface area contributed by atoms with Gasteiger partial charge in [-0.2, -0.15) is 0 Å². The van der Waals surface area contributed by atoms with E-state index >= 15 is 0 Å². The normalized spacial score (nSPS) is 22.6. The fourth-order valence-corrected chi connectivity index (χ4v) is 2.99. The van der Waals surface area contributed by atoms with Crippen LogP contribution in [0, 0.1) is 0 Å². The second kappa shape index (κ2) is 5.54. The minimum absolute atomic E-state index is 0.196. The highest BCUT2D eigenvalue weighted by atomic mass is 16.5. The summed E-state index contributed by atoms with van der Waals surface area (Å²) in [5.74, 6) is 1.26. The minimum Gasteiger partial charge on any atom is -0.497 e. The van der Waals surface area contributed by atoms with Crippen molar-refractivity contribution in [3.05, 3.63) is 30.0 Å². The summed E-state index contributed by atoms with van der Waals surface area (Å²) in [6, 6.07) is 6.26. The molecule has 1 aliphatic heterocycles. The van der Waals surface area contributed by atoms with Crippen LogP contribution in [0.5, 0.6) is 5.75 Å². The standard InChI is InChI=1S/C15H19N3O2/c1-20-12-2-3-15-13(5-12)14(8-17-15)10-4-11(18-9-19)7-16-6-10/h2-3,5,8-11,16-17H,4,6-7H2,1H3,(H,18,19)/t10-,11?/m1/s1. The lowest BCUT2D eigenvalue weighted by molar-refractivity contribution is -0.110. The van der Waals surface area contributed by atoms with Gasteiger partial charge in [0.2, 0.25) is 6.41 Å². The van der Waals surface area contributed by atoms with Crippen LogP contribution in [0.3, 0.4) is 0 Å². The van der Waals surface area contributed by atoms with Crippen LogP contribution in [-0.4, -0.2) is 37.6 Å². The van der Waals surface area contributed by atoms with E-state index in [4.69, 9.17) is 4.74 Å². The Morgan fingerprint density at radius 3 is 3.10 bits per heavy atom. The fraction of sp³-hybridized carbons (Fsp3) is 0.400. The molecule has 20 heavy (non-hydrogen) atoms. The summed E-state index contributed by atoms with van der Waals surface area (Å²) in [7, 11) is 1.68. The quantitative estimate of drug-likeness (QED) is 0.737. The zero-order valence-electron chi connectivity index (χ0n) is 11.5. The van der Waals surface area contributed by atoms with E-state index in [1.54, 1.807) is 7.11 Å². The molecule has 0 aliphatic carbocycles. The van der Waals surface area contributed by atoms with Gasteiger partial charge in [-0.15, -0.1) is 0 Å². The van der Waals surface area contributed by atoms with Crippen LogP contribution in [0.15, 0.2) is 24.4 Å². The molecule has 5 nitrogen and oxygen atoms in total. The van der Waals surface area contributed by atoms with Gasteiger partial charge in [0.25, 0.3) is 0 Å². The van der Waals surface area contributed by atoms with Gasteiger partial charge in [-0.3, -0.25) is 4.79 Å². The third-order valence-corrected chi connectivity index (χ3v) is 4.01. The predicted molar refractivity (Wildman–Crippen MR) is 78.1 cm³/mol. The molecule has 1 amide bonds. The molecule has 106 valence electrons. The van der Waals surface area contributed by atoms with Gasteiger partial charge in [0.15, 0.2) is 0 Å². The summed E-state index contributed by atoms with van der Waals surface area (Å²) in [5.41, 5.74) is 2.40. The number of benzene rings is 1. The average Bonchev–Trinajstić information content (AvgIpc) is 2.90. The van der Waals surface area contributed by atoms with Gasteiger partial charge in [-0.1, -0.05) is 0 Å². The molecule has 3 N–H and O–H groups in total. The number of carbonyl (C=O) groups excluding carboxylic acids is 1. The number of carbonyl (C=O) groups is 1. The molecule has 1 aromatic heterocycles. The maximum absolute atomic E-state index is 10.6. The van der Waals surface area contributed by atoms with Gasteiger partial charge in [0.1, 0.15) is 5.75 Å². The Morgan fingerprint density at radius 2 is 2.30 bits per heavy atom. The van der Waals surface area contributed by atoms with Crippen molar-refractivity contribution in [3.63, 3.8) is 0 Å². The fourth-order valence-electron chi connectivity index (χ4n) is 2.99. The monoisotopic (exact) mass is 273 g/mol. The van der Waals surface area contributed by atoms with Crippen LogP contribution in [0.1, 0.15) is 17.9 Å². The third-order valence-electron chi connectivity index (χ3n) is 4.01. The van der Waals surface area contributed by atoms with Crippen molar-refractivity contribution < 1.29 is 9.53 Å². The van der Waals surface area contributed by atoms with Crippen LogP contribution < -0.4 is 15.4 Å². The SMILES string of the molecule is COc1ccc2[nH]cc([C@H]3CNCC(NC=O)C3)c2c1. The number of aromatic amines is 1. The van der Waals surface area contributed by atoms with Crippen LogP contribution in [0.2, 0.25) is 0 Å². The number of fused-ring (bicyclic) bond motifs is 1. The Kier molecular flexibility index (Phi) is 3.60. The summed E-state index contributed by atoms with van der Waals surface area (Å²) in [6.07, 6.45) is 3.81. The van der Waals surface area contributed by atoms with Crippen molar-refractivity contribution in [1.82, 2.24) is 15.6 Å². The van der Waals surface area contributed by atoms with E-state index in [0.29, 0.717) is 5.92 Å². The molecule has 3 rings (SSSR count). The zero-order chi connectivity index (χ0) is 13.9. The Hall–Kier alpha value is -2.01. The first-order chi connectivity index (χ1) is 9.81. The Labute approximate surface area is 117 Å². The molecule has 2 aromatic rings. The highest BCUT2D eigenvalue weighted by Gasteiger charge is 2.24. The van der Waals surface area contributed by atoms with Gasteiger partial charge in [0, 0.05) is 42.1 Å². The molecule has 0 radical (unpaired) electrons. The van der Waals surface area contributed by atoms with E-state index in [-0.39, 0.29) is 6.04 Å². The van der Waals surface area contributed by atoms with Crippen molar-refractivity contribution in [2.75, 3.05) is 20.2 Å². The second-order valence-electron chi connectivity index (χ2n) is 5.23. The Balaban J connectivity index is 1.90. The van der Waals surface area contributed by atoms with Gasteiger partial charge in [0.05, 0.1) is 7.11 Å². The van der Waals surface area contributed by atoms with E-state index in [0.717, 1.165) is 37.2 Å². The first-order valence-corrected chi connectivity index (χ1v) is 6.87. The number of hydrogen-bond acceptors (Lipinski definition) is 3. The second-order valence-corrected chi connectivity index (χ2v) is 5.23. The van der Waals surface area contributed by atoms with Crippen molar-refractivity contribution in [2.24, 2.45) is 0 Å². The van der Waals surface area contributed by atoms with E-state index in [2.05, 4.69) is 27.9 Å². The first kappa shape index (κ1) is 13.0. The number of methoxy groups -OCH3 is 1. The van der Waals surface area contributed by atoms with Crippen LogP contribution in [0.4, 0.5) is 0 Å². The predicted octanol–water partition coefficient (Wildman–Crippen LogP) is 1.37. The molecule has 0 bridgehead atoms. The minimum atomic E-state index is 0.196. The number of rotatable bonds is 4. The van der Waals surface area contributed by atoms with E-state index < -0.39 is 0 Å². The largest absolute Gasteiger partial charge is 0.497 e. The maximum Gasteiger partial charge on any atom is 0.207 e. The summed E-state index contributed by atoms with van der Waals surface area (Å²) in [5, 5.41) is 7.45. The third kappa shape index (κ3) is 2.36. The van der Waals surface area contributed by atoms with Crippen LogP contribution in [0.25, 0.3) is 10.9 Å². The first-order valence-electron chi connectivity index (χ1n) is 6.87. The molecule has 2 heterocycles. The molecule has 5 heteroatoms. The number of aromatic nitrogens is 1. The number of piperidine rings is 1. The van der Waals surface area contributed by atoms with Crippen molar-refractivity contribution in [1.29, 1.82) is 0 Å². The van der Waals surface area contributed by atoms with E-state index in [9.17, 15) is 4.79 Å². The van der Waals surface area contributed by atoms with Gasteiger partial charge < -0.3 is 20.4 Å². The number of H-pyrrole nitrogens is 1. The van der Waals surface area contributed by atoms with Gasteiger partial charge in [-0.25, -0.2) is 0 Å². The molecule has 0 saturated carbocycles. The molecule has 1 saturated heterocycles. The summed E-state index contributed by atoms with van der Waals surface area (Å²) in [4.78, 5) is 13.9. The molecule has 1 unspecified atom stereocenters. The van der Waals surface area contributed by atoms with Gasteiger partial charge in [-0.05, 0) is 30.2 Å². The van der Waals surface area contributed by atoms with Crippen molar-refractivity contribution in [2.45, 2.75) is 18.4 Å². The van der Waals surface area contributed by atoms with Gasteiger partial charge >= 0.3 is 0 Å². The van der Waals surface area contributed by atoms with E-state index in [1.807, 2.05) is 12.1 Å². The molecule has 1 aliphatic rings. The maximum atomic E-state index is 10.6. The van der Waals surface area contributed by atoms with Crippen molar-refractivity contribution in [3.8, 4) is 5.75 Å². The molecule has 1 aromatic carbocycles. The zero-order valence-corrected chi connectivity index (χ0v) is 11.5. The number of amides is 1. The summed E-state index contributed by atoms with van der Waals surface area (Å²) in [6.45, 7) is 1.77. The Bertz CT molecular complexity index is 608. The molecular formula is C15H19N3O2. The average molecular weight is 273 g/mol. The molecule has 1 fully saturated rings. The number of nitrogens with one attached hydrogen (secondary N) is 3. The number of hydrogen-bond donors (Lipinski definition) is 3. The van der Waals surface area contributed by atoms with Crippen LogP contribution >= 0.6 is 0 Å². The van der Waals surface area contributed by atoms with Crippen molar-refractivity contribution >= 4 is 17.3 Å². The number of ether oxygens (including phenoxy) is 1. The Morgan fingerprint density at radius 1 is 1.40 bits per heavy atom. The highest BCUT2D eigenvalue weighted by Crippen LogP contribution is 2.32. The lowest BCUT2D eigenvalue weighted by Crippen LogP contribution is -2.45. The molecular weight excluding hydrogens is 254 g/mol. The van der Waals surface area contributed by atoms with E-state index in [1.165, 1.54) is 10.9 Å². The van der Waals surface area contributed by atoms with Crippen LogP contribution in [-0.2, 0) is 4.79 Å². The lowest BCUT2D eigenvalue weighted by atomic mass is 9.89. The smallest absolute Gasteiger partial charge is 0.207 e. The molecule has 2 atom stereocenters. The lowest BCUT2D eigenvalue weighted by Gasteiger charge is -2.29.